The van der Waals surface area contributed by atoms with Crippen molar-refractivity contribution in [1.29, 1.82) is 0 Å². The molecule has 0 bridgehead atoms. The van der Waals surface area contributed by atoms with Crippen molar-refractivity contribution in [3.05, 3.63) is 76.0 Å². The predicted molar refractivity (Wildman–Crippen MR) is 125 cm³/mol. The van der Waals surface area contributed by atoms with Crippen molar-refractivity contribution in [2.24, 2.45) is 0 Å². The Bertz CT molecular complexity index is 1290. The van der Waals surface area contributed by atoms with Crippen LogP contribution in [0.1, 0.15) is 21.5 Å². The lowest BCUT2D eigenvalue weighted by atomic mass is 10.1. The summed E-state index contributed by atoms with van der Waals surface area (Å²) >= 11 is 8.70. The second kappa shape index (κ2) is 8.33. The van der Waals surface area contributed by atoms with Gasteiger partial charge in [-0.3, -0.25) is 15.1 Å². The fourth-order valence-corrected chi connectivity index (χ4v) is 3.63. The number of hydrogen-bond donors (Lipinski definition) is 2. The van der Waals surface area contributed by atoms with E-state index in [0.29, 0.717) is 28.2 Å². The second-order valence-electron chi connectivity index (χ2n) is 6.82. The number of fused-ring (bicyclic) bond motifs is 1. The smallest absolute Gasteiger partial charge is 0.257 e. The number of benzene rings is 2. The van der Waals surface area contributed by atoms with Crippen LogP contribution in [-0.2, 0) is 0 Å². The Kier molecular flexibility index (Phi) is 5.61. The Morgan fingerprint density at radius 2 is 1.93 bits per heavy atom. The minimum absolute atomic E-state index is 0.208. The summed E-state index contributed by atoms with van der Waals surface area (Å²) in [5.41, 5.74) is 5.35. The lowest BCUT2D eigenvalue weighted by Crippen LogP contribution is -2.34. The number of carbonyl (C=O) groups excluding carboxylic acids is 1. The topological polar surface area (TPSA) is 80.0 Å². The lowest BCUT2D eigenvalue weighted by molar-refractivity contribution is 0.0977. The Hall–Kier alpha value is -3.10. The maximum atomic E-state index is 12.5. The Balaban J connectivity index is 1.49. The van der Waals surface area contributed by atoms with E-state index in [-0.39, 0.29) is 11.0 Å². The number of carbonyl (C=O) groups is 1. The van der Waals surface area contributed by atoms with Gasteiger partial charge in [0, 0.05) is 28.1 Å². The molecule has 2 N–H and O–H groups in total. The molecular formula is C22H17BrN4O2S. The highest BCUT2D eigenvalue weighted by Crippen LogP contribution is 2.27. The van der Waals surface area contributed by atoms with Crippen molar-refractivity contribution in [1.82, 2.24) is 15.3 Å². The molecule has 0 aliphatic heterocycles. The largest absolute Gasteiger partial charge is 0.436 e. The monoisotopic (exact) mass is 480 g/mol. The Morgan fingerprint density at radius 3 is 2.70 bits per heavy atom. The summed E-state index contributed by atoms with van der Waals surface area (Å²) in [6.07, 6.45) is 3.38. The van der Waals surface area contributed by atoms with Crippen molar-refractivity contribution in [3.63, 3.8) is 0 Å². The van der Waals surface area contributed by atoms with E-state index < -0.39 is 0 Å². The molecule has 0 atom stereocenters. The molecule has 0 aliphatic carbocycles. The van der Waals surface area contributed by atoms with E-state index in [1.165, 1.54) is 0 Å². The third-order valence-electron chi connectivity index (χ3n) is 4.45. The maximum Gasteiger partial charge on any atom is 0.257 e. The molecule has 0 aliphatic rings. The van der Waals surface area contributed by atoms with Gasteiger partial charge in [-0.2, -0.15) is 0 Å². The van der Waals surface area contributed by atoms with Crippen LogP contribution >= 0.6 is 28.1 Å². The van der Waals surface area contributed by atoms with E-state index in [0.717, 1.165) is 21.2 Å². The standard InChI is InChI=1S/C22H17BrN4O2S/c1-12-3-5-17(13(2)7-12)20(28)27-22(30)25-16-4-6-19-18(9-16)26-21(29-19)14-8-15(23)11-24-10-14/h3-11H,1-2H3,(H2,25,27,28,30). The number of anilines is 1. The molecular weight excluding hydrogens is 464 g/mol. The summed E-state index contributed by atoms with van der Waals surface area (Å²) in [6.45, 7) is 3.88. The van der Waals surface area contributed by atoms with Crippen LogP contribution in [0.4, 0.5) is 5.69 Å². The molecule has 0 radical (unpaired) electrons. The van der Waals surface area contributed by atoms with Gasteiger partial charge in [0.1, 0.15) is 5.52 Å². The predicted octanol–water partition coefficient (Wildman–Crippen LogP) is 5.40. The van der Waals surface area contributed by atoms with E-state index in [2.05, 4.69) is 36.5 Å². The van der Waals surface area contributed by atoms with Gasteiger partial charge in [0.05, 0.1) is 5.56 Å². The highest BCUT2D eigenvalue weighted by atomic mass is 79.9. The molecule has 1 amide bonds. The third kappa shape index (κ3) is 4.39. The maximum absolute atomic E-state index is 12.5. The van der Waals surface area contributed by atoms with Gasteiger partial charge in [-0.15, -0.1) is 0 Å². The van der Waals surface area contributed by atoms with Gasteiger partial charge in [-0.25, -0.2) is 4.98 Å². The number of thiocarbonyl (C=S) groups is 1. The zero-order chi connectivity index (χ0) is 21.3. The summed E-state index contributed by atoms with van der Waals surface area (Å²) < 4.78 is 6.65. The van der Waals surface area contributed by atoms with Gasteiger partial charge >= 0.3 is 0 Å². The van der Waals surface area contributed by atoms with Gasteiger partial charge in [-0.05, 0) is 77.9 Å². The Morgan fingerprint density at radius 1 is 1.10 bits per heavy atom. The molecule has 0 fully saturated rings. The minimum Gasteiger partial charge on any atom is -0.436 e. The third-order valence-corrected chi connectivity index (χ3v) is 5.09. The zero-order valence-electron chi connectivity index (χ0n) is 16.2. The van der Waals surface area contributed by atoms with Crippen LogP contribution in [0.15, 0.2) is 63.7 Å². The number of amides is 1. The molecule has 0 unspecified atom stereocenters. The summed E-state index contributed by atoms with van der Waals surface area (Å²) in [6, 6.07) is 13.0. The quantitative estimate of drug-likeness (QED) is 0.382. The van der Waals surface area contributed by atoms with E-state index >= 15 is 0 Å². The second-order valence-corrected chi connectivity index (χ2v) is 8.14. The van der Waals surface area contributed by atoms with Crippen LogP contribution in [0.25, 0.3) is 22.6 Å². The van der Waals surface area contributed by atoms with Crippen LogP contribution < -0.4 is 10.6 Å². The van der Waals surface area contributed by atoms with Crippen molar-refractivity contribution >= 4 is 56.0 Å². The first-order valence-electron chi connectivity index (χ1n) is 9.10. The van der Waals surface area contributed by atoms with E-state index in [9.17, 15) is 4.79 Å². The number of aromatic nitrogens is 2. The molecule has 2 aromatic carbocycles. The molecule has 0 saturated heterocycles. The molecule has 4 aromatic rings. The molecule has 2 aromatic heterocycles. The van der Waals surface area contributed by atoms with E-state index in [4.69, 9.17) is 16.6 Å². The number of pyridine rings is 1. The number of rotatable bonds is 3. The molecule has 30 heavy (non-hydrogen) atoms. The van der Waals surface area contributed by atoms with Gasteiger partial charge in [0.15, 0.2) is 10.7 Å². The summed E-state index contributed by atoms with van der Waals surface area (Å²) in [5.74, 6) is 0.221. The average molecular weight is 481 g/mol. The van der Waals surface area contributed by atoms with Gasteiger partial charge in [-0.1, -0.05) is 17.7 Å². The van der Waals surface area contributed by atoms with E-state index in [1.54, 1.807) is 24.5 Å². The number of halogens is 1. The van der Waals surface area contributed by atoms with Gasteiger partial charge < -0.3 is 9.73 Å². The van der Waals surface area contributed by atoms with Crippen LogP contribution in [0.5, 0.6) is 0 Å². The van der Waals surface area contributed by atoms with Gasteiger partial charge in [0.2, 0.25) is 5.89 Å². The number of aryl methyl sites for hydroxylation is 2. The minimum atomic E-state index is -0.253. The highest BCUT2D eigenvalue weighted by molar-refractivity contribution is 9.10. The first kappa shape index (κ1) is 20.2. The van der Waals surface area contributed by atoms with Crippen molar-refractivity contribution in [2.45, 2.75) is 13.8 Å². The normalized spacial score (nSPS) is 10.8. The van der Waals surface area contributed by atoms with E-state index in [1.807, 2.05) is 44.2 Å². The van der Waals surface area contributed by atoms with Crippen molar-refractivity contribution in [3.8, 4) is 11.5 Å². The van der Waals surface area contributed by atoms with Crippen molar-refractivity contribution < 1.29 is 9.21 Å². The first-order chi connectivity index (χ1) is 14.4. The number of hydrogen-bond acceptors (Lipinski definition) is 5. The molecule has 6 nitrogen and oxygen atoms in total. The molecule has 8 heteroatoms. The van der Waals surface area contributed by atoms with Crippen LogP contribution in [-0.4, -0.2) is 21.0 Å². The van der Waals surface area contributed by atoms with Crippen LogP contribution in [0, 0.1) is 13.8 Å². The zero-order valence-corrected chi connectivity index (χ0v) is 18.6. The lowest BCUT2D eigenvalue weighted by Gasteiger charge is -2.11. The summed E-state index contributed by atoms with van der Waals surface area (Å²) in [4.78, 5) is 21.2. The fourth-order valence-electron chi connectivity index (χ4n) is 3.06. The summed E-state index contributed by atoms with van der Waals surface area (Å²) in [5, 5.41) is 5.94. The summed E-state index contributed by atoms with van der Waals surface area (Å²) in [7, 11) is 0. The molecule has 150 valence electrons. The van der Waals surface area contributed by atoms with Crippen molar-refractivity contribution in [2.75, 3.05) is 5.32 Å². The van der Waals surface area contributed by atoms with Crippen LogP contribution in [0.3, 0.4) is 0 Å². The highest BCUT2D eigenvalue weighted by Gasteiger charge is 2.13. The van der Waals surface area contributed by atoms with Crippen LogP contribution in [0.2, 0.25) is 0 Å². The Labute approximate surface area is 186 Å². The molecule has 0 spiro atoms. The van der Waals surface area contributed by atoms with Gasteiger partial charge in [0.25, 0.3) is 5.91 Å². The first-order valence-corrected chi connectivity index (χ1v) is 10.3. The fraction of sp³-hybridized carbons (Fsp3) is 0.0909. The molecule has 2 heterocycles. The number of nitrogens with one attached hydrogen (secondary N) is 2. The number of oxazole rings is 1. The number of nitrogens with zero attached hydrogens (tertiary/aromatic N) is 2. The SMILES string of the molecule is Cc1ccc(C(=O)NC(=S)Nc2ccc3oc(-c4cncc(Br)c4)nc3c2)c(C)c1. The molecule has 0 saturated carbocycles. The average Bonchev–Trinajstić information content (AvgIpc) is 3.11. The molecule has 4 rings (SSSR count).